The van der Waals surface area contributed by atoms with E-state index >= 15 is 0 Å². The lowest BCUT2D eigenvalue weighted by Gasteiger charge is -2.37. The number of nitrogens with one attached hydrogen (secondary N) is 2. The van der Waals surface area contributed by atoms with E-state index in [1.807, 2.05) is 12.2 Å². The summed E-state index contributed by atoms with van der Waals surface area (Å²) < 4.78 is 68.2. The standard InChI is InChI=1S/C38H46F2N4O8S.CH4/c1-3-51-29(45)19-23-11-7-5-4-6-8-12-24-20-38(24,35(48)43-53(49,50)36(2)17-18-36)42-33(46)28-21-37(22-44(28)34(23)47)16-15-26-25-13-9-10-14-27(25)41-30(32(39)40)31(26)52-37;/h8-10,12-14,23-24,28,32H,3-7,11,15-22H2,1-2H3,(H,42,46)(H,43,48);1H4/b12-8-;/t23-,24-,28+,37-,38-;/m1./s1. The molecule has 0 unspecified atom stereocenters. The van der Waals surface area contributed by atoms with Crippen molar-refractivity contribution < 1.29 is 45.9 Å². The summed E-state index contributed by atoms with van der Waals surface area (Å²) in [7, 11) is -4.03. The summed E-state index contributed by atoms with van der Waals surface area (Å²) >= 11 is 0. The summed E-state index contributed by atoms with van der Waals surface area (Å²) in [6.07, 6.45) is 5.30. The van der Waals surface area contributed by atoms with Gasteiger partial charge in [0.15, 0.2) is 5.75 Å². The van der Waals surface area contributed by atoms with E-state index in [2.05, 4.69) is 15.0 Å². The van der Waals surface area contributed by atoms with Crippen LogP contribution in [0.1, 0.15) is 110 Å². The van der Waals surface area contributed by atoms with Gasteiger partial charge in [0, 0.05) is 29.2 Å². The van der Waals surface area contributed by atoms with Crippen molar-refractivity contribution in [1.29, 1.82) is 0 Å². The molecule has 2 aliphatic carbocycles. The Hall–Kier alpha value is -4.14. The van der Waals surface area contributed by atoms with E-state index in [4.69, 9.17) is 9.47 Å². The van der Waals surface area contributed by atoms with Crippen LogP contribution >= 0.6 is 0 Å². The van der Waals surface area contributed by atoms with Gasteiger partial charge in [-0.1, -0.05) is 50.6 Å². The molecule has 2 saturated carbocycles. The molecule has 5 atom stereocenters. The third kappa shape index (κ3) is 7.32. The highest BCUT2D eigenvalue weighted by Crippen LogP contribution is 2.50. The number of alkyl halides is 2. The first-order chi connectivity index (χ1) is 25.2. The van der Waals surface area contributed by atoms with Gasteiger partial charge in [0.25, 0.3) is 12.3 Å². The number of hydrogen-bond donors (Lipinski definition) is 2. The molecule has 1 spiro atoms. The molecule has 2 N–H and O–H groups in total. The molecular formula is C39H50F2N4O8S. The molecule has 1 saturated heterocycles. The molecule has 54 heavy (non-hydrogen) atoms. The molecule has 0 radical (unpaired) electrons. The second-order valence-corrected chi connectivity index (χ2v) is 17.7. The summed E-state index contributed by atoms with van der Waals surface area (Å²) in [6, 6.07) is 5.75. The van der Waals surface area contributed by atoms with Crippen molar-refractivity contribution in [1.82, 2.24) is 19.9 Å². The molecule has 4 heterocycles. The normalized spacial score (nSPS) is 29.6. The van der Waals surface area contributed by atoms with Gasteiger partial charge in [-0.15, -0.1) is 0 Å². The molecular weight excluding hydrogens is 723 g/mol. The molecule has 15 heteroatoms. The highest BCUT2D eigenvalue weighted by molar-refractivity contribution is 7.91. The number of nitrogens with zero attached hydrogens (tertiary/aromatic N) is 2. The quantitative estimate of drug-likeness (QED) is 0.276. The number of allylic oxidation sites excluding steroid dienone is 1. The molecule has 1 aromatic carbocycles. The lowest BCUT2D eigenvalue weighted by Crippen LogP contribution is -2.57. The molecule has 3 amide bonds. The van der Waals surface area contributed by atoms with E-state index in [1.165, 1.54) is 4.90 Å². The fourth-order valence-corrected chi connectivity index (χ4v) is 9.52. The van der Waals surface area contributed by atoms with Crippen molar-refractivity contribution in [2.45, 2.75) is 127 Å². The number of amides is 3. The summed E-state index contributed by atoms with van der Waals surface area (Å²) in [5, 5.41) is 3.53. The van der Waals surface area contributed by atoms with Crippen LogP contribution in [0.5, 0.6) is 5.75 Å². The molecule has 12 nitrogen and oxygen atoms in total. The predicted molar refractivity (Wildman–Crippen MR) is 196 cm³/mol. The number of pyridine rings is 1. The summed E-state index contributed by atoms with van der Waals surface area (Å²) in [4.78, 5) is 61.3. The Labute approximate surface area is 314 Å². The van der Waals surface area contributed by atoms with E-state index < -0.39 is 79.6 Å². The van der Waals surface area contributed by atoms with Crippen molar-refractivity contribution in [3.63, 3.8) is 0 Å². The van der Waals surface area contributed by atoms with Crippen LogP contribution in [0.4, 0.5) is 8.78 Å². The number of rotatable bonds is 7. The van der Waals surface area contributed by atoms with Gasteiger partial charge in [-0.3, -0.25) is 23.9 Å². The first-order valence-electron chi connectivity index (χ1n) is 18.6. The topological polar surface area (TPSA) is 161 Å². The SMILES string of the molecule is C.CCOC(=O)C[C@H]1CCCCC/C=C\[C@@H]2C[C@@]2(C(=O)NS(=O)(=O)C2(C)CC2)NC(=O)[C@@H]2C[C@]3(CCc4c(c(C(F)F)nc5ccccc45)O3)CN2C1=O. The predicted octanol–water partition coefficient (Wildman–Crippen LogP) is 5.44. The maximum atomic E-state index is 14.6. The van der Waals surface area contributed by atoms with Gasteiger partial charge in [-0.2, -0.15) is 0 Å². The van der Waals surface area contributed by atoms with Crippen molar-refractivity contribution >= 4 is 44.6 Å². The number of para-hydroxylation sites is 1. The molecule has 2 aromatic rings. The van der Waals surface area contributed by atoms with Crippen LogP contribution in [-0.2, 0) is 40.4 Å². The Balaban J connectivity index is 0.00000497. The number of esters is 1. The number of carbonyl (C=O) groups is 4. The van der Waals surface area contributed by atoms with Gasteiger partial charge in [0.1, 0.15) is 22.9 Å². The van der Waals surface area contributed by atoms with Gasteiger partial charge in [-0.25, -0.2) is 22.2 Å². The second-order valence-electron chi connectivity index (χ2n) is 15.5. The third-order valence-corrected chi connectivity index (χ3v) is 13.9. The Morgan fingerprint density at radius 3 is 2.61 bits per heavy atom. The van der Waals surface area contributed by atoms with Crippen molar-refractivity contribution in [3.8, 4) is 5.75 Å². The monoisotopic (exact) mass is 772 g/mol. The average Bonchev–Trinajstić information content (AvgIpc) is 4.01. The van der Waals surface area contributed by atoms with Crippen molar-refractivity contribution in [2.24, 2.45) is 11.8 Å². The molecule has 5 aliphatic rings. The van der Waals surface area contributed by atoms with E-state index in [1.54, 1.807) is 38.1 Å². The number of carbonyl (C=O) groups excluding carboxylic acids is 4. The molecule has 3 aliphatic heterocycles. The third-order valence-electron chi connectivity index (χ3n) is 11.8. The Morgan fingerprint density at radius 2 is 1.89 bits per heavy atom. The Bertz CT molecular complexity index is 1970. The summed E-state index contributed by atoms with van der Waals surface area (Å²) in [5.41, 5.74) is -2.38. The fraction of sp³-hybridized carbons (Fsp3) is 0.615. The minimum absolute atomic E-state index is 0. The minimum Gasteiger partial charge on any atom is -0.483 e. The van der Waals surface area contributed by atoms with Gasteiger partial charge in [0.05, 0.1) is 29.8 Å². The molecule has 294 valence electrons. The van der Waals surface area contributed by atoms with E-state index in [0.29, 0.717) is 61.4 Å². The van der Waals surface area contributed by atoms with Crippen LogP contribution in [0.25, 0.3) is 10.9 Å². The van der Waals surface area contributed by atoms with E-state index in [0.717, 1.165) is 12.8 Å². The average molecular weight is 773 g/mol. The van der Waals surface area contributed by atoms with Gasteiger partial charge in [-0.05, 0) is 71.3 Å². The van der Waals surface area contributed by atoms with Gasteiger partial charge in [0.2, 0.25) is 21.8 Å². The number of aryl methyl sites for hydroxylation is 1. The number of halogens is 2. The Kier molecular flexibility index (Phi) is 10.9. The first-order valence-corrected chi connectivity index (χ1v) is 20.1. The highest BCUT2D eigenvalue weighted by atomic mass is 32.2. The minimum atomic E-state index is -4.03. The molecule has 7 rings (SSSR count). The van der Waals surface area contributed by atoms with Crippen LogP contribution in [0.15, 0.2) is 36.4 Å². The fourth-order valence-electron chi connectivity index (χ4n) is 8.21. The molecule has 1 aromatic heterocycles. The second kappa shape index (κ2) is 14.8. The number of ether oxygens (including phenoxy) is 2. The molecule has 0 bridgehead atoms. The number of fused-ring (bicyclic) bond motifs is 5. The zero-order valence-corrected chi connectivity index (χ0v) is 30.8. The van der Waals surface area contributed by atoms with Crippen LogP contribution in [0.3, 0.4) is 0 Å². The maximum absolute atomic E-state index is 14.6. The lowest BCUT2D eigenvalue weighted by atomic mass is 9.87. The number of aromatic nitrogens is 1. The summed E-state index contributed by atoms with van der Waals surface area (Å²) in [5.74, 6) is -3.93. The van der Waals surface area contributed by atoms with E-state index in [9.17, 15) is 36.4 Å². The van der Waals surface area contributed by atoms with Gasteiger partial charge < -0.3 is 19.7 Å². The first kappa shape index (κ1) is 39.6. The summed E-state index contributed by atoms with van der Waals surface area (Å²) in [6.45, 7) is 3.24. The Morgan fingerprint density at radius 1 is 1.13 bits per heavy atom. The lowest BCUT2D eigenvalue weighted by molar-refractivity contribution is -0.150. The van der Waals surface area contributed by atoms with Crippen LogP contribution < -0.4 is 14.8 Å². The highest BCUT2D eigenvalue weighted by Gasteiger charge is 2.64. The molecule has 3 fully saturated rings. The van der Waals surface area contributed by atoms with Crippen LogP contribution in [0, 0.1) is 11.8 Å². The van der Waals surface area contributed by atoms with Crippen molar-refractivity contribution in [2.75, 3.05) is 13.2 Å². The van der Waals surface area contributed by atoms with Crippen LogP contribution in [0.2, 0.25) is 0 Å². The smallest absolute Gasteiger partial charge is 0.306 e. The van der Waals surface area contributed by atoms with Crippen LogP contribution in [-0.4, -0.2) is 77.1 Å². The van der Waals surface area contributed by atoms with Gasteiger partial charge >= 0.3 is 5.97 Å². The maximum Gasteiger partial charge on any atom is 0.306 e. The van der Waals surface area contributed by atoms with Crippen molar-refractivity contribution in [3.05, 3.63) is 47.7 Å². The number of hydrogen-bond acceptors (Lipinski definition) is 9. The zero-order valence-electron chi connectivity index (χ0n) is 30.0. The number of benzene rings is 1. The largest absolute Gasteiger partial charge is 0.483 e. The number of sulfonamides is 1. The zero-order chi connectivity index (χ0) is 37.8. The van der Waals surface area contributed by atoms with E-state index in [-0.39, 0.29) is 45.6 Å².